The quantitative estimate of drug-likeness (QED) is 0.445. The number of amides is 4. The van der Waals surface area contributed by atoms with Crippen molar-refractivity contribution in [2.75, 3.05) is 4.90 Å². The standard InChI is InChI=1S/C8H7N4O2.HI/c1-11-4-2-3-6(5-11)12-7(13)9-10-8(12)14;/h2-5H,1H3;1H/q+1;/p-1. The molecule has 0 fully saturated rings. The molecular weight excluding hydrogens is 311 g/mol. The van der Waals surface area contributed by atoms with Crippen LogP contribution in [0.15, 0.2) is 34.8 Å². The Balaban J connectivity index is 0.00000112. The lowest BCUT2D eigenvalue weighted by atomic mass is 10.4. The summed E-state index contributed by atoms with van der Waals surface area (Å²) in [5.74, 6) is 0. The van der Waals surface area contributed by atoms with Crippen molar-refractivity contribution in [1.29, 1.82) is 0 Å². The summed E-state index contributed by atoms with van der Waals surface area (Å²) in [6, 6.07) is 2.07. The fourth-order valence-corrected chi connectivity index (χ4v) is 1.18. The Hall–Kier alpha value is -1.38. The summed E-state index contributed by atoms with van der Waals surface area (Å²) >= 11 is 0. The molecule has 2 heterocycles. The molecule has 1 aromatic rings. The highest BCUT2D eigenvalue weighted by molar-refractivity contribution is 6.17. The van der Waals surface area contributed by atoms with Gasteiger partial charge in [-0.3, -0.25) is 0 Å². The number of azo groups is 1. The molecule has 6 nitrogen and oxygen atoms in total. The number of anilines is 1. The molecule has 1 aromatic heterocycles. The van der Waals surface area contributed by atoms with E-state index >= 15 is 0 Å². The highest BCUT2D eigenvalue weighted by Gasteiger charge is 2.30. The van der Waals surface area contributed by atoms with Gasteiger partial charge in [0.25, 0.3) is 0 Å². The van der Waals surface area contributed by atoms with Crippen LogP contribution in [-0.4, -0.2) is 12.1 Å². The first-order valence-corrected chi connectivity index (χ1v) is 3.93. The molecule has 15 heavy (non-hydrogen) atoms. The molecule has 0 spiro atoms. The highest BCUT2D eigenvalue weighted by atomic mass is 127. The van der Waals surface area contributed by atoms with Gasteiger partial charge in [0, 0.05) is 6.07 Å². The number of nitrogens with zero attached hydrogens (tertiary/aromatic N) is 4. The topological polar surface area (TPSA) is 66.0 Å². The van der Waals surface area contributed by atoms with Crippen molar-refractivity contribution in [2.45, 2.75) is 0 Å². The van der Waals surface area contributed by atoms with Crippen LogP contribution in [0.2, 0.25) is 0 Å². The van der Waals surface area contributed by atoms with Gasteiger partial charge in [-0.2, -0.15) is 0 Å². The predicted molar refractivity (Wildman–Crippen MR) is 45.7 cm³/mol. The van der Waals surface area contributed by atoms with E-state index < -0.39 is 12.1 Å². The number of urea groups is 2. The van der Waals surface area contributed by atoms with E-state index in [1.807, 2.05) is 0 Å². The molecule has 0 unspecified atom stereocenters. The molecule has 1 aliphatic rings. The third-order valence-corrected chi connectivity index (χ3v) is 1.79. The molecule has 0 saturated heterocycles. The van der Waals surface area contributed by atoms with Gasteiger partial charge >= 0.3 is 12.1 Å². The summed E-state index contributed by atoms with van der Waals surface area (Å²) in [6.07, 6.45) is 3.44. The maximum atomic E-state index is 11.1. The van der Waals surface area contributed by atoms with E-state index in [0.717, 1.165) is 4.90 Å². The molecular formula is C8H7IN4O2. The lowest BCUT2D eigenvalue weighted by Gasteiger charge is -2.07. The summed E-state index contributed by atoms with van der Waals surface area (Å²) in [4.78, 5) is 23.2. The predicted octanol–water partition coefficient (Wildman–Crippen LogP) is -1.97. The first kappa shape index (κ1) is 11.7. The van der Waals surface area contributed by atoms with E-state index in [0.29, 0.717) is 5.69 Å². The number of aryl methyl sites for hydroxylation is 1. The smallest absolute Gasteiger partial charge is 0.375 e. The van der Waals surface area contributed by atoms with Crippen molar-refractivity contribution in [3.8, 4) is 0 Å². The van der Waals surface area contributed by atoms with Gasteiger partial charge in [0.1, 0.15) is 12.7 Å². The van der Waals surface area contributed by atoms with Crippen molar-refractivity contribution in [1.82, 2.24) is 0 Å². The zero-order valence-electron chi connectivity index (χ0n) is 7.79. The molecule has 4 amide bonds. The number of pyridine rings is 1. The number of halogens is 1. The maximum absolute atomic E-state index is 11.1. The Morgan fingerprint density at radius 1 is 1.27 bits per heavy atom. The summed E-state index contributed by atoms with van der Waals surface area (Å²) in [6.45, 7) is 0. The Labute approximate surface area is 103 Å². The van der Waals surface area contributed by atoms with E-state index in [1.54, 1.807) is 36.1 Å². The fourth-order valence-electron chi connectivity index (χ4n) is 1.18. The monoisotopic (exact) mass is 318 g/mol. The zero-order chi connectivity index (χ0) is 10.1. The Morgan fingerprint density at radius 2 is 1.87 bits per heavy atom. The second kappa shape index (κ2) is 4.43. The van der Waals surface area contributed by atoms with Crippen LogP contribution >= 0.6 is 0 Å². The van der Waals surface area contributed by atoms with E-state index in [4.69, 9.17) is 0 Å². The molecule has 7 heteroatoms. The van der Waals surface area contributed by atoms with Gasteiger partial charge < -0.3 is 24.0 Å². The van der Waals surface area contributed by atoms with Gasteiger partial charge in [-0.05, 0) is 6.07 Å². The number of hydrogen-bond donors (Lipinski definition) is 0. The van der Waals surface area contributed by atoms with Crippen LogP contribution < -0.4 is 33.4 Å². The number of hydrogen-bond acceptors (Lipinski definition) is 2. The zero-order valence-corrected chi connectivity index (χ0v) is 9.95. The average molecular weight is 318 g/mol. The molecule has 0 aromatic carbocycles. The number of aromatic nitrogens is 1. The maximum Gasteiger partial charge on any atom is 0.375 e. The molecule has 0 saturated carbocycles. The summed E-state index contributed by atoms with van der Waals surface area (Å²) in [5, 5.41) is 6.32. The van der Waals surface area contributed by atoms with Gasteiger partial charge in [-0.15, -0.1) is 0 Å². The van der Waals surface area contributed by atoms with Crippen molar-refractivity contribution < 1.29 is 38.1 Å². The van der Waals surface area contributed by atoms with Gasteiger partial charge in [-0.25, -0.2) is 19.1 Å². The third-order valence-electron chi connectivity index (χ3n) is 1.79. The normalized spacial score (nSPS) is 14.3. The van der Waals surface area contributed by atoms with Gasteiger partial charge in [0.15, 0.2) is 12.4 Å². The SMILES string of the molecule is C[n+]1cccc(N2C(=O)N=NC2=O)c1.[I-]. The lowest BCUT2D eigenvalue weighted by Crippen LogP contribution is -3.00. The summed E-state index contributed by atoms with van der Waals surface area (Å²) in [7, 11) is 1.79. The number of carbonyl (C=O) groups is 2. The molecule has 0 radical (unpaired) electrons. The van der Waals surface area contributed by atoms with Crippen LogP contribution in [-0.2, 0) is 7.05 Å². The van der Waals surface area contributed by atoms with Crippen LogP contribution in [0.25, 0.3) is 0 Å². The van der Waals surface area contributed by atoms with Crippen molar-refractivity contribution in [3.63, 3.8) is 0 Å². The van der Waals surface area contributed by atoms with Gasteiger partial charge in [0.05, 0.1) is 0 Å². The molecule has 0 aliphatic carbocycles. The molecule has 2 rings (SSSR count). The minimum atomic E-state index is -0.652. The summed E-state index contributed by atoms with van der Waals surface area (Å²) < 4.78 is 1.73. The van der Waals surface area contributed by atoms with E-state index in [-0.39, 0.29) is 24.0 Å². The van der Waals surface area contributed by atoms with Crippen molar-refractivity contribution >= 4 is 17.7 Å². The van der Waals surface area contributed by atoms with Gasteiger partial charge in [-0.1, -0.05) is 10.2 Å². The Morgan fingerprint density at radius 3 is 2.40 bits per heavy atom. The molecule has 78 valence electrons. The van der Waals surface area contributed by atoms with Crippen LogP contribution in [0.3, 0.4) is 0 Å². The Bertz CT molecular complexity index is 428. The van der Waals surface area contributed by atoms with E-state index in [1.165, 1.54) is 0 Å². The van der Waals surface area contributed by atoms with E-state index in [2.05, 4.69) is 10.2 Å². The van der Waals surface area contributed by atoms with Crippen LogP contribution in [0.1, 0.15) is 0 Å². The minimum absolute atomic E-state index is 0. The number of rotatable bonds is 1. The Kier molecular flexibility index (Phi) is 3.45. The third kappa shape index (κ3) is 2.17. The second-order valence-corrected chi connectivity index (χ2v) is 2.83. The number of carbonyl (C=O) groups excluding carboxylic acids is 2. The van der Waals surface area contributed by atoms with E-state index in [9.17, 15) is 9.59 Å². The summed E-state index contributed by atoms with van der Waals surface area (Å²) in [5.41, 5.74) is 0.468. The lowest BCUT2D eigenvalue weighted by molar-refractivity contribution is -0.670. The molecule has 0 bridgehead atoms. The highest BCUT2D eigenvalue weighted by Crippen LogP contribution is 2.17. The molecule has 1 aliphatic heterocycles. The first-order valence-electron chi connectivity index (χ1n) is 3.93. The molecule has 0 N–H and O–H groups in total. The van der Waals surface area contributed by atoms with Crippen LogP contribution in [0, 0.1) is 0 Å². The van der Waals surface area contributed by atoms with Crippen LogP contribution in [0.4, 0.5) is 15.3 Å². The van der Waals surface area contributed by atoms with Crippen molar-refractivity contribution in [2.24, 2.45) is 17.3 Å². The number of imide groups is 1. The largest absolute Gasteiger partial charge is 1.00 e. The first-order chi connectivity index (χ1) is 6.68. The van der Waals surface area contributed by atoms with Gasteiger partial charge in [0.2, 0.25) is 0 Å². The minimum Gasteiger partial charge on any atom is -1.00 e. The fraction of sp³-hybridized carbons (Fsp3) is 0.125. The molecule has 0 atom stereocenters. The van der Waals surface area contributed by atoms with Crippen molar-refractivity contribution in [3.05, 3.63) is 24.5 Å². The van der Waals surface area contributed by atoms with Crippen LogP contribution in [0.5, 0.6) is 0 Å². The second-order valence-electron chi connectivity index (χ2n) is 2.83. The average Bonchev–Trinajstić information content (AvgIpc) is 2.46.